The van der Waals surface area contributed by atoms with Gasteiger partial charge < -0.3 is 9.14 Å². The number of carbonyl (C=O) groups is 1. The van der Waals surface area contributed by atoms with Crippen molar-refractivity contribution in [1.29, 1.82) is 0 Å². The zero-order valence-electron chi connectivity index (χ0n) is 12.3. The number of hydrogen-bond donors (Lipinski definition) is 0. The van der Waals surface area contributed by atoms with E-state index < -0.39 is 0 Å². The highest BCUT2D eigenvalue weighted by Gasteiger charge is 2.14. The number of benzene rings is 1. The molecule has 0 saturated heterocycles. The smallest absolute Gasteiger partial charge is 0.338 e. The van der Waals surface area contributed by atoms with Crippen LogP contribution < -0.4 is 0 Å². The molecule has 0 amide bonds. The molecule has 2 aromatic heterocycles. The summed E-state index contributed by atoms with van der Waals surface area (Å²) in [5, 5.41) is 0. The second kappa shape index (κ2) is 5.05. The Hall–Kier alpha value is -2.62. The quantitative estimate of drug-likeness (QED) is 0.676. The van der Waals surface area contributed by atoms with Gasteiger partial charge in [-0.3, -0.25) is 0 Å². The fourth-order valence-electron chi connectivity index (χ4n) is 2.51. The first kappa shape index (κ1) is 13.4. The normalized spacial score (nSPS) is 10.8. The first-order chi connectivity index (χ1) is 10.1. The molecule has 0 aliphatic heterocycles. The van der Waals surface area contributed by atoms with Crippen molar-refractivity contribution in [2.45, 2.75) is 13.8 Å². The van der Waals surface area contributed by atoms with E-state index in [-0.39, 0.29) is 5.97 Å². The molecule has 4 nitrogen and oxygen atoms in total. The van der Waals surface area contributed by atoms with Gasteiger partial charge >= 0.3 is 5.97 Å². The predicted octanol–water partition coefficient (Wildman–Crippen LogP) is 3.40. The molecule has 0 radical (unpaired) electrons. The van der Waals surface area contributed by atoms with Crippen molar-refractivity contribution in [3.63, 3.8) is 0 Å². The lowest BCUT2D eigenvalue weighted by Gasteiger charge is -2.03. The molecular weight excluding hydrogens is 264 g/mol. The molecule has 0 aliphatic carbocycles. The third-order valence-electron chi connectivity index (χ3n) is 3.69. The van der Waals surface area contributed by atoms with E-state index in [1.165, 1.54) is 12.7 Å². The third-order valence-corrected chi connectivity index (χ3v) is 3.69. The highest BCUT2D eigenvalue weighted by molar-refractivity contribution is 5.90. The summed E-state index contributed by atoms with van der Waals surface area (Å²) >= 11 is 0. The number of methoxy groups -OCH3 is 1. The van der Waals surface area contributed by atoms with Crippen LogP contribution in [-0.4, -0.2) is 22.5 Å². The molecule has 0 bridgehead atoms. The van der Waals surface area contributed by atoms with E-state index >= 15 is 0 Å². The van der Waals surface area contributed by atoms with Gasteiger partial charge in [0.2, 0.25) is 0 Å². The Balaban J connectivity index is 2.20. The van der Waals surface area contributed by atoms with Crippen molar-refractivity contribution in [3.8, 4) is 11.3 Å². The monoisotopic (exact) mass is 280 g/mol. The molecule has 0 fully saturated rings. The van der Waals surface area contributed by atoms with Gasteiger partial charge in [0.05, 0.1) is 18.4 Å². The van der Waals surface area contributed by atoms with Crippen LogP contribution in [0, 0.1) is 13.8 Å². The number of rotatable bonds is 2. The molecule has 3 rings (SSSR count). The number of esters is 1. The summed E-state index contributed by atoms with van der Waals surface area (Å²) in [4.78, 5) is 16.3. The number of imidazole rings is 1. The van der Waals surface area contributed by atoms with Gasteiger partial charge in [0.25, 0.3) is 0 Å². The van der Waals surface area contributed by atoms with E-state index in [2.05, 4.69) is 24.0 Å². The van der Waals surface area contributed by atoms with Gasteiger partial charge in [0.1, 0.15) is 5.65 Å². The molecule has 0 aliphatic rings. The highest BCUT2D eigenvalue weighted by Crippen LogP contribution is 2.26. The molecule has 0 spiro atoms. The Morgan fingerprint density at radius 1 is 1.19 bits per heavy atom. The fourth-order valence-corrected chi connectivity index (χ4v) is 2.51. The van der Waals surface area contributed by atoms with Crippen molar-refractivity contribution in [2.75, 3.05) is 7.11 Å². The Morgan fingerprint density at radius 3 is 2.67 bits per heavy atom. The zero-order valence-corrected chi connectivity index (χ0v) is 12.3. The molecule has 21 heavy (non-hydrogen) atoms. The molecule has 0 unspecified atom stereocenters. The van der Waals surface area contributed by atoms with Crippen LogP contribution >= 0.6 is 0 Å². The van der Waals surface area contributed by atoms with Crippen molar-refractivity contribution < 1.29 is 9.53 Å². The molecule has 4 heteroatoms. The van der Waals surface area contributed by atoms with Crippen LogP contribution in [0.15, 0.2) is 42.6 Å². The van der Waals surface area contributed by atoms with Crippen LogP contribution in [0.2, 0.25) is 0 Å². The Morgan fingerprint density at radius 2 is 1.95 bits per heavy atom. The maximum atomic E-state index is 11.6. The number of pyridine rings is 1. The number of carbonyl (C=O) groups excluding carboxylic acids is 1. The molecule has 106 valence electrons. The van der Waals surface area contributed by atoms with Crippen molar-refractivity contribution in [3.05, 3.63) is 59.4 Å². The summed E-state index contributed by atoms with van der Waals surface area (Å²) in [6, 6.07) is 11.6. The summed E-state index contributed by atoms with van der Waals surface area (Å²) < 4.78 is 6.73. The molecule has 1 aromatic carbocycles. The van der Waals surface area contributed by atoms with Crippen LogP contribution in [0.5, 0.6) is 0 Å². The molecule has 3 aromatic rings. The lowest BCUT2D eigenvalue weighted by molar-refractivity contribution is 0.0600. The topological polar surface area (TPSA) is 43.6 Å². The average molecular weight is 280 g/mol. The second-order valence-electron chi connectivity index (χ2n) is 5.00. The summed E-state index contributed by atoms with van der Waals surface area (Å²) in [5.41, 5.74) is 5.53. The van der Waals surface area contributed by atoms with E-state index in [1.54, 1.807) is 12.1 Å². The highest BCUT2D eigenvalue weighted by atomic mass is 16.5. The van der Waals surface area contributed by atoms with E-state index in [0.717, 1.165) is 22.6 Å². The van der Waals surface area contributed by atoms with E-state index in [1.807, 2.05) is 29.7 Å². The molecular formula is C17H16N2O2. The molecule has 2 heterocycles. The SMILES string of the molecule is COC(=O)c1ccn2c(C)c(-c3ccccc3C)nc2c1. The molecule has 0 N–H and O–H groups in total. The predicted molar refractivity (Wildman–Crippen MR) is 81.4 cm³/mol. The number of aromatic nitrogens is 2. The van der Waals surface area contributed by atoms with Gasteiger partial charge in [0.15, 0.2) is 0 Å². The molecule has 0 atom stereocenters. The van der Waals surface area contributed by atoms with Gasteiger partial charge in [0, 0.05) is 17.5 Å². The largest absolute Gasteiger partial charge is 0.465 e. The minimum absolute atomic E-state index is 0.351. The number of aryl methyl sites for hydroxylation is 2. The van der Waals surface area contributed by atoms with Crippen LogP contribution in [-0.2, 0) is 4.74 Å². The third kappa shape index (κ3) is 2.18. The Bertz CT molecular complexity index is 834. The van der Waals surface area contributed by atoms with E-state index in [9.17, 15) is 4.79 Å². The van der Waals surface area contributed by atoms with Crippen molar-refractivity contribution >= 4 is 11.6 Å². The van der Waals surface area contributed by atoms with Gasteiger partial charge in [-0.25, -0.2) is 9.78 Å². The zero-order chi connectivity index (χ0) is 15.0. The van der Waals surface area contributed by atoms with Crippen LogP contribution in [0.25, 0.3) is 16.9 Å². The second-order valence-corrected chi connectivity index (χ2v) is 5.00. The van der Waals surface area contributed by atoms with Gasteiger partial charge in [-0.1, -0.05) is 24.3 Å². The summed E-state index contributed by atoms with van der Waals surface area (Å²) in [5.74, 6) is -0.351. The lowest BCUT2D eigenvalue weighted by Crippen LogP contribution is -2.02. The Kier molecular flexibility index (Phi) is 3.22. The van der Waals surface area contributed by atoms with Crippen LogP contribution in [0.4, 0.5) is 0 Å². The van der Waals surface area contributed by atoms with Crippen LogP contribution in [0.1, 0.15) is 21.6 Å². The van der Waals surface area contributed by atoms with Gasteiger partial charge in [-0.15, -0.1) is 0 Å². The van der Waals surface area contributed by atoms with Crippen molar-refractivity contribution in [2.24, 2.45) is 0 Å². The van der Waals surface area contributed by atoms with Crippen molar-refractivity contribution in [1.82, 2.24) is 9.38 Å². The fraction of sp³-hybridized carbons (Fsp3) is 0.176. The standard InChI is InChI=1S/C17H16N2O2/c1-11-6-4-5-7-14(11)16-12(2)19-9-8-13(17(20)21-3)10-15(19)18-16/h4-10H,1-3H3. The van der Waals surface area contributed by atoms with E-state index in [4.69, 9.17) is 4.74 Å². The number of fused-ring (bicyclic) bond motifs is 1. The minimum atomic E-state index is -0.351. The van der Waals surface area contributed by atoms with E-state index in [0.29, 0.717) is 5.56 Å². The maximum Gasteiger partial charge on any atom is 0.338 e. The number of hydrogen-bond acceptors (Lipinski definition) is 3. The van der Waals surface area contributed by atoms with Gasteiger partial charge in [-0.05, 0) is 31.5 Å². The molecule has 0 saturated carbocycles. The first-order valence-corrected chi connectivity index (χ1v) is 6.75. The summed E-state index contributed by atoms with van der Waals surface area (Å²) in [6.07, 6.45) is 1.85. The lowest BCUT2D eigenvalue weighted by atomic mass is 10.1. The Labute approximate surface area is 123 Å². The average Bonchev–Trinajstić information content (AvgIpc) is 2.83. The first-order valence-electron chi connectivity index (χ1n) is 6.75. The summed E-state index contributed by atoms with van der Waals surface area (Å²) in [6.45, 7) is 4.10. The number of nitrogens with zero attached hydrogens (tertiary/aromatic N) is 2. The van der Waals surface area contributed by atoms with Gasteiger partial charge in [-0.2, -0.15) is 0 Å². The maximum absolute atomic E-state index is 11.6. The summed E-state index contributed by atoms with van der Waals surface area (Å²) in [7, 11) is 1.38. The number of ether oxygens (including phenoxy) is 1. The minimum Gasteiger partial charge on any atom is -0.465 e. The van der Waals surface area contributed by atoms with Crippen LogP contribution in [0.3, 0.4) is 0 Å².